The number of anilines is 1. The number of nitrogens with one attached hydrogen (secondary N) is 3. The van der Waals surface area contributed by atoms with E-state index in [0.29, 0.717) is 49.4 Å². The second-order valence-electron chi connectivity index (χ2n) is 11.0. The van der Waals surface area contributed by atoms with Crippen LogP contribution in [0.1, 0.15) is 35.4 Å². The number of hydrogen-bond donors (Lipinski definition) is 3. The summed E-state index contributed by atoms with van der Waals surface area (Å²) in [6, 6.07) is 12.0. The van der Waals surface area contributed by atoms with Crippen molar-refractivity contribution in [2.24, 2.45) is 0 Å². The fourth-order valence-corrected chi connectivity index (χ4v) is 5.94. The van der Waals surface area contributed by atoms with Crippen molar-refractivity contribution in [3.8, 4) is 0 Å². The highest BCUT2D eigenvalue weighted by Crippen LogP contribution is 2.33. The zero-order valence-corrected chi connectivity index (χ0v) is 24.8. The molecule has 44 heavy (non-hydrogen) atoms. The van der Waals surface area contributed by atoms with Gasteiger partial charge in [0.15, 0.2) is 0 Å². The lowest BCUT2D eigenvalue weighted by molar-refractivity contribution is -0.118. The molecule has 0 radical (unpaired) electrons. The summed E-state index contributed by atoms with van der Waals surface area (Å²) in [4.78, 5) is 26.4. The Morgan fingerprint density at radius 3 is 2.52 bits per heavy atom. The van der Waals surface area contributed by atoms with E-state index in [1.54, 1.807) is 30.3 Å². The number of hydrogen-bond acceptors (Lipinski definition) is 6. The van der Waals surface area contributed by atoms with Gasteiger partial charge < -0.3 is 30.2 Å². The quantitative estimate of drug-likeness (QED) is 0.295. The molecule has 3 N–H and O–H groups in total. The van der Waals surface area contributed by atoms with Crippen LogP contribution in [0.15, 0.2) is 60.7 Å². The number of ether oxygens (including phenoxy) is 3. The van der Waals surface area contributed by atoms with Gasteiger partial charge in [-0.3, -0.25) is 4.79 Å². The molecule has 8 nitrogen and oxygen atoms in total. The lowest BCUT2D eigenvalue weighted by atomic mass is 9.84. The Bertz CT molecular complexity index is 1470. The molecule has 12 heteroatoms. The second-order valence-corrected chi connectivity index (χ2v) is 11.4. The van der Waals surface area contributed by atoms with E-state index in [0.717, 1.165) is 25.7 Å². The summed E-state index contributed by atoms with van der Waals surface area (Å²) in [6.07, 6.45) is 0.344. The molecule has 234 valence electrons. The molecule has 0 bridgehead atoms. The topological polar surface area (TPSA) is 97.9 Å². The highest BCUT2D eigenvalue weighted by molar-refractivity contribution is 6.30. The molecule has 2 heterocycles. The van der Waals surface area contributed by atoms with Gasteiger partial charge in [0.25, 0.3) is 0 Å². The minimum Gasteiger partial charge on any atom is -0.453 e. The molecule has 2 aliphatic heterocycles. The second kappa shape index (κ2) is 14.0. The summed E-state index contributed by atoms with van der Waals surface area (Å²) in [5.74, 6) is -4.10. The summed E-state index contributed by atoms with van der Waals surface area (Å²) in [5.41, 5.74) is 0.558. The average molecular weight is 632 g/mol. The van der Waals surface area contributed by atoms with Crippen molar-refractivity contribution < 1.29 is 37.0 Å². The van der Waals surface area contributed by atoms with Crippen LogP contribution < -0.4 is 16.0 Å². The summed E-state index contributed by atoms with van der Waals surface area (Å²) < 4.78 is 60.7. The summed E-state index contributed by atoms with van der Waals surface area (Å²) in [5, 5.41) is 9.01. The van der Waals surface area contributed by atoms with E-state index >= 15 is 4.39 Å². The first-order valence-electron chi connectivity index (χ1n) is 14.3. The minimum absolute atomic E-state index is 0.0765. The number of carbonyl (C=O) groups excluding carboxylic acids is 2. The van der Waals surface area contributed by atoms with Crippen LogP contribution >= 0.6 is 11.6 Å². The van der Waals surface area contributed by atoms with Crippen LogP contribution in [0.5, 0.6) is 0 Å². The van der Waals surface area contributed by atoms with Gasteiger partial charge >= 0.3 is 6.09 Å². The normalized spacial score (nSPS) is 21.1. The molecule has 2 aliphatic rings. The Kier molecular flexibility index (Phi) is 10.1. The standard InChI is InChI=1S/C32H33ClF3N3O5/c1-42-31(41)39-29(28(19-5-7-21(33)8-6-19)20-13-22(34)15-23(35)14-20)30(40)38-27-4-2-3-26(36)25(27)10-9-24-16-37-17-32(44-24)11-12-43-18-32/h2-8,13-15,24,28-29,37H,9-12,16-18H2,1H3,(H,38,40)(H,39,41)/t24-,28+,29+,32?/m1/s1. The van der Waals surface area contributed by atoms with Gasteiger partial charge in [-0.2, -0.15) is 0 Å². The van der Waals surface area contributed by atoms with Crippen molar-refractivity contribution >= 4 is 29.3 Å². The summed E-state index contributed by atoms with van der Waals surface area (Å²) in [6.45, 7) is 2.40. The lowest BCUT2D eigenvalue weighted by Gasteiger charge is -2.38. The first-order valence-corrected chi connectivity index (χ1v) is 14.6. The molecule has 2 amide bonds. The zero-order chi connectivity index (χ0) is 31.3. The van der Waals surface area contributed by atoms with Crippen molar-refractivity contribution in [2.75, 3.05) is 38.7 Å². The van der Waals surface area contributed by atoms with Gasteiger partial charge in [0.05, 0.1) is 19.8 Å². The number of benzene rings is 3. The predicted octanol–water partition coefficient (Wildman–Crippen LogP) is 5.33. The van der Waals surface area contributed by atoms with Crippen molar-refractivity contribution in [1.29, 1.82) is 0 Å². The van der Waals surface area contributed by atoms with Gasteiger partial charge in [-0.1, -0.05) is 29.8 Å². The molecule has 0 aromatic heterocycles. The van der Waals surface area contributed by atoms with Crippen LogP contribution in [-0.4, -0.2) is 63.2 Å². The Morgan fingerprint density at radius 1 is 1.09 bits per heavy atom. The number of morpholine rings is 1. The van der Waals surface area contributed by atoms with E-state index in [2.05, 4.69) is 16.0 Å². The van der Waals surface area contributed by atoms with Crippen molar-refractivity contribution in [1.82, 2.24) is 10.6 Å². The maximum absolute atomic E-state index is 15.2. The molecule has 4 atom stereocenters. The fraction of sp³-hybridized carbons (Fsp3) is 0.375. The highest BCUT2D eigenvalue weighted by atomic mass is 35.5. The SMILES string of the molecule is COC(=O)N[C@H](C(=O)Nc1cccc(F)c1CC[C@@H]1CNCC2(CCOC2)O1)[C@@H](c1ccc(Cl)cc1)c1cc(F)cc(F)c1. The van der Waals surface area contributed by atoms with E-state index in [4.69, 9.17) is 25.8 Å². The summed E-state index contributed by atoms with van der Waals surface area (Å²) in [7, 11) is 1.12. The largest absolute Gasteiger partial charge is 0.453 e. The molecule has 1 unspecified atom stereocenters. The molecule has 0 saturated carbocycles. The Hall–Kier alpha value is -3.64. The lowest BCUT2D eigenvalue weighted by Crippen LogP contribution is -2.54. The van der Waals surface area contributed by atoms with Crippen LogP contribution in [-0.2, 0) is 25.4 Å². The van der Waals surface area contributed by atoms with E-state index in [1.807, 2.05) is 0 Å². The third-order valence-corrected chi connectivity index (χ3v) is 8.20. The molecule has 5 rings (SSSR count). The van der Waals surface area contributed by atoms with Crippen LogP contribution in [0, 0.1) is 17.5 Å². The van der Waals surface area contributed by atoms with Crippen LogP contribution in [0.3, 0.4) is 0 Å². The molecule has 3 aromatic rings. The van der Waals surface area contributed by atoms with Gasteiger partial charge in [0.1, 0.15) is 29.1 Å². The van der Waals surface area contributed by atoms with E-state index in [-0.39, 0.29) is 29.3 Å². The van der Waals surface area contributed by atoms with Gasteiger partial charge in [-0.25, -0.2) is 18.0 Å². The van der Waals surface area contributed by atoms with Gasteiger partial charge in [0, 0.05) is 54.4 Å². The first-order chi connectivity index (χ1) is 21.2. The number of methoxy groups -OCH3 is 1. The van der Waals surface area contributed by atoms with Crippen molar-refractivity contribution in [3.63, 3.8) is 0 Å². The van der Waals surface area contributed by atoms with Crippen molar-refractivity contribution in [3.05, 3.63) is 99.8 Å². The Balaban J connectivity index is 1.43. The average Bonchev–Trinajstić information content (AvgIpc) is 3.43. The highest BCUT2D eigenvalue weighted by Gasteiger charge is 2.41. The van der Waals surface area contributed by atoms with Crippen LogP contribution in [0.2, 0.25) is 5.02 Å². The minimum atomic E-state index is -1.44. The van der Waals surface area contributed by atoms with Crippen LogP contribution in [0.25, 0.3) is 0 Å². The van der Waals surface area contributed by atoms with Gasteiger partial charge in [0.2, 0.25) is 5.91 Å². The van der Waals surface area contributed by atoms with Gasteiger partial charge in [-0.05, 0) is 60.4 Å². The number of halogens is 4. The third-order valence-electron chi connectivity index (χ3n) is 7.94. The maximum atomic E-state index is 15.2. The van der Waals surface area contributed by atoms with Crippen LogP contribution in [0.4, 0.5) is 23.7 Å². The fourth-order valence-electron chi connectivity index (χ4n) is 5.81. The predicted molar refractivity (Wildman–Crippen MR) is 158 cm³/mol. The Morgan fingerprint density at radius 2 is 1.84 bits per heavy atom. The number of alkyl carbamates (subject to hydrolysis) is 1. The zero-order valence-electron chi connectivity index (χ0n) is 24.0. The smallest absolute Gasteiger partial charge is 0.407 e. The summed E-state index contributed by atoms with van der Waals surface area (Å²) >= 11 is 6.08. The number of rotatable bonds is 9. The molecular formula is C32H33ClF3N3O5. The molecule has 3 aromatic carbocycles. The molecule has 2 fully saturated rings. The molecule has 2 saturated heterocycles. The van der Waals surface area contributed by atoms with E-state index in [9.17, 15) is 18.4 Å². The first kappa shape index (κ1) is 31.8. The van der Waals surface area contributed by atoms with E-state index < -0.39 is 47.0 Å². The Labute approximate surface area is 258 Å². The molecule has 1 spiro atoms. The number of carbonyl (C=O) groups is 2. The third kappa shape index (κ3) is 7.52. The van der Waals surface area contributed by atoms with Gasteiger partial charge in [-0.15, -0.1) is 0 Å². The van der Waals surface area contributed by atoms with E-state index in [1.165, 1.54) is 12.1 Å². The van der Waals surface area contributed by atoms with Crippen molar-refractivity contribution in [2.45, 2.75) is 42.9 Å². The number of amides is 2. The monoisotopic (exact) mass is 631 g/mol. The molecular weight excluding hydrogens is 599 g/mol. The maximum Gasteiger partial charge on any atom is 0.407 e. The molecule has 0 aliphatic carbocycles.